The van der Waals surface area contributed by atoms with Crippen molar-refractivity contribution < 1.29 is 9.59 Å². The van der Waals surface area contributed by atoms with E-state index < -0.39 is 0 Å². The molecular weight excluding hydrogens is 382 g/mol. The zero-order chi connectivity index (χ0) is 19.2. The molecule has 0 radical (unpaired) electrons. The number of nitrogens with zero attached hydrogens (tertiary/aromatic N) is 1. The predicted molar refractivity (Wildman–Crippen MR) is 110 cm³/mol. The Labute approximate surface area is 166 Å². The fraction of sp³-hybridized carbons (Fsp3) is 0.150. The highest BCUT2D eigenvalue weighted by Crippen LogP contribution is 2.19. The van der Waals surface area contributed by atoms with Gasteiger partial charge in [-0.25, -0.2) is 4.98 Å². The van der Waals surface area contributed by atoms with Crippen molar-refractivity contribution in [2.24, 2.45) is 0 Å². The number of aryl methyl sites for hydroxylation is 2. The van der Waals surface area contributed by atoms with Crippen molar-refractivity contribution in [2.75, 3.05) is 10.6 Å². The van der Waals surface area contributed by atoms with Gasteiger partial charge in [-0.15, -0.1) is 11.3 Å². The number of nitrogens with one attached hydrogen (secondary N) is 2. The highest BCUT2D eigenvalue weighted by molar-refractivity contribution is 7.14. The topological polar surface area (TPSA) is 71.1 Å². The maximum atomic E-state index is 12.2. The molecule has 0 saturated carbocycles. The summed E-state index contributed by atoms with van der Waals surface area (Å²) in [5.41, 5.74) is 3.15. The van der Waals surface area contributed by atoms with Crippen LogP contribution in [0.5, 0.6) is 0 Å². The average Bonchev–Trinajstić information content (AvgIpc) is 3.08. The van der Waals surface area contributed by atoms with Crippen LogP contribution in [-0.2, 0) is 11.2 Å². The molecule has 0 bridgehead atoms. The Bertz CT molecular complexity index is 954. The van der Waals surface area contributed by atoms with E-state index in [1.807, 2.05) is 36.6 Å². The first-order chi connectivity index (χ1) is 13.0. The van der Waals surface area contributed by atoms with E-state index in [2.05, 4.69) is 15.6 Å². The second-order valence-corrected chi connectivity index (χ2v) is 7.32. The van der Waals surface area contributed by atoms with Gasteiger partial charge >= 0.3 is 0 Å². The third kappa shape index (κ3) is 5.64. The maximum Gasteiger partial charge on any atom is 0.257 e. The number of hydrogen-bond acceptors (Lipinski definition) is 4. The Morgan fingerprint density at radius 1 is 1.11 bits per heavy atom. The minimum atomic E-state index is -0.246. The average molecular weight is 400 g/mol. The van der Waals surface area contributed by atoms with Gasteiger partial charge in [0.05, 0.1) is 5.69 Å². The molecule has 0 aliphatic heterocycles. The van der Waals surface area contributed by atoms with Crippen LogP contribution in [0.3, 0.4) is 0 Å². The van der Waals surface area contributed by atoms with Gasteiger partial charge in [0.1, 0.15) is 0 Å². The summed E-state index contributed by atoms with van der Waals surface area (Å²) < 4.78 is 0. The first kappa shape index (κ1) is 19.1. The van der Waals surface area contributed by atoms with Gasteiger partial charge in [0.15, 0.2) is 5.13 Å². The van der Waals surface area contributed by atoms with Crippen LogP contribution in [-0.4, -0.2) is 16.8 Å². The summed E-state index contributed by atoms with van der Waals surface area (Å²) >= 11 is 7.16. The standard InChI is InChI=1S/C20H18ClN3O2S/c1-13-3-2-4-16(11-13)22-18(25)10-9-17-12-27-20(23-17)24-19(26)14-5-7-15(21)8-6-14/h2-8,11-12H,9-10H2,1H3,(H,22,25)(H,23,24,26). The predicted octanol–water partition coefficient (Wildman–Crippen LogP) is 4.93. The van der Waals surface area contributed by atoms with E-state index in [9.17, 15) is 9.59 Å². The van der Waals surface area contributed by atoms with Crippen molar-refractivity contribution in [3.63, 3.8) is 0 Å². The first-order valence-corrected chi connectivity index (χ1v) is 9.63. The molecular formula is C20H18ClN3O2S. The number of rotatable bonds is 6. The summed E-state index contributed by atoms with van der Waals surface area (Å²) in [7, 11) is 0. The summed E-state index contributed by atoms with van der Waals surface area (Å²) in [6.07, 6.45) is 0.827. The Kier molecular flexibility index (Phi) is 6.21. The largest absolute Gasteiger partial charge is 0.326 e. The summed E-state index contributed by atoms with van der Waals surface area (Å²) in [4.78, 5) is 28.6. The third-order valence-electron chi connectivity index (χ3n) is 3.79. The van der Waals surface area contributed by atoms with Gasteiger partial charge in [-0.05, 0) is 55.3 Å². The minimum absolute atomic E-state index is 0.0691. The van der Waals surface area contributed by atoms with Gasteiger partial charge in [-0.1, -0.05) is 23.7 Å². The highest BCUT2D eigenvalue weighted by atomic mass is 35.5. The Morgan fingerprint density at radius 2 is 1.89 bits per heavy atom. The van der Waals surface area contributed by atoms with E-state index in [-0.39, 0.29) is 11.8 Å². The SMILES string of the molecule is Cc1cccc(NC(=O)CCc2csc(NC(=O)c3ccc(Cl)cc3)n2)c1. The number of hydrogen-bond donors (Lipinski definition) is 2. The van der Waals surface area contributed by atoms with Crippen molar-refractivity contribution >= 4 is 45.6 Å². The molecule has 0 atom stereocenters. The molecule has 2 amide bonds. The molecule has 0 unspecified atom stereocenters. The summed E-state index contributed by atoms with van der Waals surface area (Å²) in [5.74, 6) is -0.315. The van der Waals surface area contributed by atoms with E-state index in [0.717, 1.165) is 16.9 Å². The number of halogens is 1. The number of aromatic nitrogens is 1. The van der Waals surface area contributed by atoms with Crippen molar-refractivity contribution in [1.82, 2.24) is 4.98 Å². The fourth-order valence-corrected chi connectivity index (χ4v) is 3.30. The maximum absolute atomic E-state index is 12.2. The molecule has 2 aromatic carbocycles. The molecule has 138 valence electrons. The molecule has 1 aromatic heterocycles. The number of carbonyl (C=O) groups excluding carboxylic acids is 2. The quantitative estimate of drug-likeness (QED) is 0.617. The minimum Gasteiger partial charge on any atom is -0.326 e. The summed E-state index contributed by atoms with van der Waals surface area (Å²) in [5, 5.41) is 8.56. The molecule has 1 heterocycles. The van der Waals surface area contributed by atoms with Gasteiger partial charge in [0.2, 0.25) is 5.91 Å². The molecule has 3 rings (SSSR count). The van der Waals surface area contributed by atoms with E-state index in [1.165, 1.54) is 11.3 Å². The van der Waals surface area contributed by atoms with Crippen LogP contribution in [0.1, 0.15) is 28.0 Å². The smallest absolute Gasteiger partial charge is 0.257 e. The third-order valence-corrected chi connectivity index (χ3v) is 4.85. The van der Waals surface area contributed by atoms with Crippen LogP contribution in [0.4, 0.5) is 10.8 Å². The molecule has 0 fully saturated rings. The van der Waals surface area contributed by atoms with Crippen LogP contribution < -0.4 is 10.6 Å². The zero-order valence-electron chi connectivity index (χ0n) is 14.7. The number of amides is 2. The Hall–Kier alpha value is -2.70. The van der Waals surface area contributed by atoms with Gasteiger partial charge in [0.25, 0.3) is 5.91 Å². The molecule has 27 heavy (non-hydrogen) atoms. The zero-order valence-corrected chi connectivity index (χ0v) is 16.2. The van der Waals surface area contributed by atoms with Crippen molar-refractivity contribution in [2.45, 2.75) is 19.8 Å². The van der Waals surface area contributed by atoms with Crippen LogP contribution in [0, 0.1) is 6.92 Å². The molecule has 2 N–H and O–H groups in total. The monoisotopic (exact) mass is 399 g/mol. The molecule has 0 aliphatic carbocycles. The number of anilines is 2. The van der Waals surface area contributed by atoms with Gasteiger partial charge < -0.3 is 5.32 Å². The Morgan fingerprint density at radius 3 is 2.63 bits per heavy atom. The van der Waals surface area contributed by atoms with E-state index in [0.29, 0.717) is 28.6 Å². The van der Waals surface area contributed by atoms with E-state index in [1.54, 1.807) is 24.3 Å². The normalized spacial score (nSPS) is 10.4. The lowest BCUT2D eigenvalue weighted by Gasteiger charge is -2.05. The molecule has 0 saturated heterocycles. The van der Waals surface area contributed by atoms with Gasteiger partial charge in [-0.3, -0.25) is 14.9 Å². The van der Waals surface area contributed by atoms with Crippen LogP contribution >= 0.6 is 22.9 Å². The molecule has 0 spiro atoms. The number of carbonyl (C=O) groups is 2. The number of thiazole rings is 1. The van der Waals surface area contributed by atoms with Crippen molar-refractivity contribution in [1.29, 1.82) is 0 Å². The Balaban J connectivity index is 1.51. The lowest BCUT2D eigenvalue weighted by atomic mass is 10.2. The molecule has 3 aromatic rings. The fourth-order valence-electron chi connectivity index (χ4n) is 2.44. The lowest BCUT2D eigenvalue weighted by molar-refractivity contribution is -0.116. The summed E-state index contributed by atoms with van der Waals surface area (Å²) in [6, 6.07) is 14.3. The van der Waals surface area contributed by atoms with Crippen LogP contribution in [0.2, 0.25) is 5.02 Å². The summed E-state index contributed by atoms with van der Waals surface area (Å²) in [6.45, 7) is 1.98. The molecule has 7 heteroatoms. The van der Waals surface area contributed by atoms with Crippen LogP contribution in [0.15, 0.2) is 53.9 Å². The first-order valence-electron chi connectivity index (χ1n) is 8.37. The molecule has 0 aliphatic rings. The van der Waals surface area contributed by atoms with Crippen molar-refractivity contribution in [3.05, 3.63) is 75.8 Å². The van der Waals surface area contributed by atoms with Gasteiger partial charge in [0, 0.05) is 28.1 Å². The second-order valence-electron chi connectivity index (χ2n) is 6.02. The second kappa shape index (κ2) is 8.79. The van der Waals surface area contributed by atoms with E-state index >= 15 is 0 Å². The van der Waals surface area contributed by atoms with Gasteiger partial charge in [-0.2, -0.15) is 0 Å². The highest BCUT2D eigenvalue weighted by Gasteiger charge is 2.10. The number of benzene rings is 2. The molecule has 5 nitrogen and oxygen atoms in total. The van der Waals surface area contributed by atoms with Crippen LogP contribution in [0.25, 0.3) is 0 Å². The van der Waals surface area contributed by atoms with E-state index in [4.69, 9.17) is 11.6 Å². The lowest BCUT2D eigenvalue weighted by Crippen LogP contribution is -2.13. The van der Waals surface area contributed by atoms with Crippen molar-refractivity contribution in [3.8, 4) is 0 Å².